The van der Waals surface area contributed by atoms with Crippen molar-refractivity contribution >= 4 is 47.2 Å². The Kier molecular flexibility index (Phi) is 6.66. The van der Waals surface area contributed by atoms with Crippen LogP contribution in [0.15, 0.2) is 72.3 Å². The maximum absolute atomic E-state index is 13.0. The number of carboxylic acid groups (broad SMARTS) is 1. The Hall–Kier alpha value is -4.43. The van der Waals surface area contributed by atoms with Crippen LogP contribution in [-0.4, -0.2) is 28.9 Å². The molecule has 0 radical (unpaired) electrons. The lowest BCUT2D eigenvalue weighted by atomic mass is 10.1. The van der Waals surface area contributed by atoms with Gasteiger partial charge in [0.1, 0.15) is 17.9 Å². The van der Waals surface area contributed by atoms with E-state index < -0.39 is 23.8 Å². The van der Waals surface area contributed by atoms with Crippen molar-refractivity contribution in [3.63, 3.8) is 0 Å². The van der Waals surface area contributed by atoms with E-state index in [-0.39, 0.29) is 22.8 Å². The number of halogens is 1. The van der Waals surface area contributed by atoms with Crippen molar-refractivity contribution in [2.45, 2.75) is 13.5 Å². The van der Waals surface area contributed by atoms with E-state index >= 15 is 0 Å². The van der Waals surface area contributed by atoms with Crippen LogP contribution in [0.4, 0.5) is 10.5 Å². The number of aromatic carboxylic acids is 1. The van der Waals surface area contributed by atoms with Gasteiger partial charge in [-0.3, -0.25) is 14.9 Å². The van der Waals surface area contributed by atoms with Crippen molar-refractivity contribution < 1.29 is 29.0 Å². The molecule has 0 aromatic heterocycles. The molecule has 176 valence electrons. The van der Waals surface area contributed by atoms with Gasteiger partial charge in [-0.1, -0.05) is 47.5 Å². The van der Waals surface area contributed by atoms with Crippen LogP contribution in [0.25, 0.3) is 6.08 Å². The van der Waals surface area contributed by atoms with Crippen LogP contribution in [0.3, 0.4) is 0 Å². The Labute approximate surface area is 205 Å². The molecule has 4 amide bonds. The van der Waals surface area contributed by atoms with Crippen LogP contribution in [0.1, 0.15) is 27.0 Å². The highest BCUT2D eigenvalue weighted by Gasteiger charge is 2.36. The maximum atomic E-state index is 13.0. The van der Waals surface area contributed by atoms with E-state index in [0.717, 1.165) is 10.5 Å². The molecule has 1 aliphatic heterocycles. The third-order valence-corrected chi connectivity index (χ3v) is 5.52. The second-order valence-corrected chi connectivity index (χ2v) is 8.18. The van der Waals surface area contributed by atoms with Crippen molar-refractivity contribution in [2.75, 3.05) is 4.90 Å². The van der Waals surface area contributed by atoms with Crippen molar-refractivity contribution in [1.82, 2.24) is 5.32 Å². The molecule has 1 aliphatic rings. The van der Waals surface area contributed by atoms with E-state index in [1.165, 1.54) is 24.3 Å². The lowest BCUT2D eigenvalue weighted by molar-refractivity contribution is -0.122. The number of rotatable bonds is 6. The van der Waals surface area contributed by atoms with Crippen molar-refractivity contribution in [2.24, 2.45) is 0 Å². The number of anilines is 1. The first-order chi connectivity index (χ1) is 16.7. The molecule has 3 aromatic rings. The molecular formula is C26H19ClN2O6. The Morgan fingerprint density at radius 3 is 2.49 bits per heavy atom. The molecule has 0 spiro atoms. The Morgan fingerprint density at radius 2 is 1.80 bits per heavy atom. The van der Waals surface area contributed by atoms with Gasteiger partial charge in [0.05, 0.1) is 16.3 Å². The first-order valence-corrected chi connectivity index (χ1v) is 10.8. The van der Waals surface area contributed by atoms with E-state index in [0.29, 0.717) is 22.6 Å². The zero-order valence-corrected chi connectivity index (χ0v) is 19.2. The summed E-state index contributed by atoms with van der Waals surface area (Å²) in [6, 6.07) is 17.0. The third-order valence-electron chi connectivity index (χ3n) is 5.23. The van der Waals surface area contributed by atoms with Gasteiger partial charge in [-0.15, -0.1) is 0 Å². The molecule has 3 aromatic carbocycles. The van der Waals surface area contributed by atoms with Crippen LogP contribution in [0, 0.1) is 6.92 Å². The first kappa shape index (κ1) is 23.7. The van der Waals surface area contributed by atoms with E-state index in [2.05, 4.69) is 5.32 Å². The van der Waals surface area contributed by atoms with Gasteiger partial charge in [0.2, 0.25) is 0 Å². The summed E-state index contributed by atoms with van der Waals surface area (Å²) in [5.41, 5.74) is 2.32. The minimum absolute atomic E-state index is 0.0930. The molecule has 0 saturated carbocycles. The average molecular weight is 491 g/mol. The maximum Gasteiger partial charge on any atom is 0.335 e. The van der Waals surface area contributed by atoms with E-state index in [4.69, 9.17) is 21.4 Å². The third kappa shape index (κ3) is 5.23. The molecule has 1 fully saturated rings. The molecule has 0 aliphatic carbocycles. The molecular weight excluding hydrogens is 472 g/mol. The largest absolute Gasteiger partial charge is 0.487 e. The Balaban J connectivity index is 1.54. The Bertz CT molecular complexity index is 1380. The van der Waals surface area contributed by atoms with Gasteiger partial charge in [0, 0.05) is 0 Å². The average Bonchev–Trinajstić information content (AvgIpc) is 2.82. The highest BCUT2D eigenvalue weighted by Crippen LogP contribution is 2.28. The van der Waals surface area contributed by atoms with Crippen LogP contribution in [0.2, 0.25) is 5.02 Å². The summed E-state index contributed by atoms with van der Waals surface area (Å²) < 4.78 is 5.70. The number of urea groups is 1. The van der Waals surface area contributed by atoms with Crippen molar-refractivity contribution in [3.8, 4) is 5.75 Å². The smallest absolute Gasteiger partial charge is 0.335 e. The number of aryl methyl sites for hydroxylation is 1. The molecule has 35 heavy (non-hydrogen) atoms. The molecule has 0 unspecified atom stereocenters. The second kappa shape index (κ2) is 9.82. The van der Waals surface area contributed by atoms with Gasteiger partial charge in [0.25, 0.3) is 11.8 Å². The zero-order chi connectivity index (χ0) is 25.1. The molecule has 0 atom stereocenters. The number of barbiturate groups is 1. The number of benzene rings is 3. The Morgan fingerprint density at radius 1 is 1.06 bits per heavy atom. The quantitative estimate of drug-likeness (QED) is 0.386. The van der Waals surface area contributed by atoms with Crippen LogP contribution < -0.4 is 15.0 Å². The summed E-state index contributed by atoms with van der Waals surface area (Å²) in [6.07, 6.45) is 1.34. The van der Waals surface area contributed by atoms with Gasteiger partial charge in [-0.25, -0.2) is 14.5 Å². The summed E-state index contributed by atoms with van der Waals surface area (Å²) in [6.45, 7) is 1.97. The minimum atomic E-state index is -1.04. The lowest BCUT2D eigenvalue weighted by Gasteiger charge is -2.26. The number of hydrogen-bond acceptors (Lipinski definition) is 5. The summed E-state index contributed by atoms with van der Waals surface area (Å²) in [5, 5.41) is 11.5. The topological polar surface area (TPSA) is 113 Å². The first-order valence-electron chi connectivity index (χ1n) is 10.5. The van der Waals surface area contributed by atoms with E-state index in [1.807, 2.05) is 6.92 Å². The predicted octanol–water partition coefficient (Wildman–Crippen LogP) is 4.59. The molecule has 0 bridgehead atoms. The summed E-state index contributed by atoms with van der Waals surface area (Å²) in [5.74, 6) is -2.26. The number of carbonyl (C=O) groups excluding carboxylic acids is 3. The number of imide groups is 2. The number of carbonyl (C=O) groups is 4. The molecule has 1 heterocycles. The van der Waals surface area contributed by atoms with E-state index in [9.17, 15) is 19.2 Å². The van der Waals surface area contributed by atoms with Crippen molar-refractivity contribution in [3.05, 3.63) is 99.6 Å². The molecule has 2 N–H and O–H groups in total. The molecule has 1 saturated heterocycles. The van der Waals surface area contributed by atoms with E-state index in [1.54, 1.807) is 48.5 Å². The second-order valence-electron chi connectivity index (χ2n) is 7.78. The standard InChI is InChI=1S/C26H19ClN2O6/c1-15-5-8-19(9-6-15)29-24(31)20(23(30)28-26(29)34)12-16-7-10-22(21(27)13-16)35-14-17-3-2-4-18(11-17)25(32)33/h2-13H,14H2,1H3,(H,32,33)(H,28,30,34)/b20-12+. The fourth-order valence-corrected chi connectivity index (χ4v) is 3.68. The van der Waals surface area contributed by atoms with Crippen LogP contribution in [-0.2, 0) is 16.2 Å². The normalized spacial score (nSPS) is 14.7. The highest BCUT2D eigenvalue weighted by molar-refractivity contribution is 6.39. The number of nitrogens with one attached hydrogen (secondary N) is 1. The minimum Gasteiger partial charge on any atom is -0.487 e. The number of ether oxygens (including phenoxy) is 1. The van der Waals surface area contributed by atoms with Crippen molar-refractivity contribution in [1.29, 1.82) is 0 Å². The number of nitrogens with zero attached hydrogens (tertiary/aromatic N) is 1. The summed E-state index contributed by atoms with van der Waals surface area (Å²) >= 11 is 6.33. The number of amides is 4. The fraction of sp³-hybridized carbons (Fsp3) is 0.0769. The van der Waals surface area contributed by atoms with Gasteiger partial charge < -0.3 is 9.84 Å². The van der Waals surface area contributed by atoms with Gasteiger partial charge in [0.15, 0.2) is 0 Å². The number of hydrogen-bond donors (Lipinski definition) is 2. The van der Waals surface area contributed by atoms with Crippen LogP contribution in [0.5, 0.6) is 5.75 Å². The number of carboxylic acids is 1. The molecule has 8 nitrogen and oxygen atoms in total. The highest BCUT2D eigenvalue weighted by atomic mass is 35.5. The SMILES string of the molecule is Cc1ccc(N2C(=O)NC(=O)/C(=C\c3ccc(OCc4cccc(C(=O)O)c4)c(Cl)c3)C2=O)cc1. The predicted molar refractivity (Wildman–Crippen MR) is 129 cm³/mol. The van der Waals surface area contributed by atoms with Gasteiger partial charge >= 0.3 is 12.0 Å². The fourth-order valence-electron chi connectivity index (χ4n) is 3.43. The monoisotopic (exact) mass is 490 g/mol. The zero-order valence-electron chi connectivity index (χ0n) is 18.4. The van der Waals surface area contributed by atoms with Gasteiger partial charge in [-0.05, 0) is 60.5 Å². The summed E-state index contributed by atoms with van der Waals surface area (Å²) in [7, 11) is 0. The van der Waals surface area contributed by atoms with Crippen LogP contribution >= 0.6 is 11.6 Å². The molecule has 9 heteroatoms. The molecule has 4 rings (SSSR count). The summed E-state index contributed by atoms with van der Waals surface area (Å²) in [4.78, 5) is 49.7. The van der Waals surface area contributed by atoms with Gasteiger partial charge in [-0.2, -0.15) is 0 Å². The lowest BCUT2D eigenvalue weighted by Crippen LogP contribution is -2.54.